The highest BCUT2D eigenvalue weighted by Crippen LogP contribution is 2.11. The summed E-state index contributed by atoms with van der Waals surface area (Å²) in [5, 5.41) is 11.1. The molecule has 104 valence electrons. The standard InChI is InChI=1S/C13H13N3O4/c1-2-6-16(8-11(17)18)13(20)15-10-5-3-4-9(7-10)12(14)19/h1,3-5,7H,6,8H2,(H2,14,19)(H,15,20)(H,17,18). The van der Waals surface area contributed by atoms with Gasteiger partial charge in [-0.2, -0.15) is 0 Å². The number of nitrogens with two attached hydrogens (primary N) is 1. The van der Waals surface area contributed by atoms with Gasteiger partial charge >= 0.3 is 12.0 Å². The number of urea groups is 1. The minimum atomic E-state index is -1.18. The van der Waals surface area contributed by atoms with E-state index >= 15 is 0 Å². The first-order valence-corrected chi connectivity index (χ1v) is 5.55. The van der Waals surface area contributed by atoms with Gasteiger partial charge in [-0.25, -0.2) is 4.79 Å². The number of carbonyl (C=O) groups is 3. The topological polar surface area (TPSA) is 113 Å². The van der Waals surface area contributed by atoms with Gasteiger partial charge in [0.05, 0.1) is 6.54 Å². The van der Waals surface area contributed by atoms with Crippen LogP contribution in [0.4, 0.5) is 10.5 Å². The van der Waals surface area contributed by atoms with E-state index in [1.807, 2.05) is 0 Å². The Kier molecular flexibility index (Phi) is 5.12. The molecule has 7 nitrogen and oxygen atoms in total. The molecule has 0 heterocycles. The summed E-state index contributed by atoms with van der Waals surface area (Å²) in [5.41, 5.74) is 5.67. The summed E-state index contributed by atoms with van der Waals surface area (Å²) in [7, 11) is 0. The number of nitrogens with one attached hydrogen (secondary N) is 1. The Morgan fingerprint density at radius 1 is 1.40 bits per heavy atom. The zero-order valence-electron chi connectivity index (χ0n) is 10.5. The highest BCUT2D eigenvalue weighted by molar-refractivity contribution is 5.96. The van der Waals surface area contributed by atoms with Gasteiger partial charge < -0.3 is 21.1 Å². The third-order valence-corrected chi connectivity index (χ3v) is 2.29. The number of hydrogen-bond acceptors (Lipinski definition) is 3. The maximum Gasteiger partial charge on any atom is 0.323 e. The first-order chi connectivity index (χ1) is 9.43. The number of aliphatic carboxylic acids is 1. The Balaban J connectivity index is 2.82. The van der Waals surface area contributed by atoms with E-state index in [2.05, 4.69) is 11.2 Å². The molecule has 0 atom stereocenters. The lowest BCUT2D eigenvalue weighted by Gasteiger charge is -2.18. The Morgan fingerprint density at radius 3 is 2.65 bits per heavy atom. The van der Waals surface area contributed by atoms with Gasteiger partial charge in [0, 0.05) is 11.3 Å². The predicted molar refractivity (Wildman–Crippen MR) is 72.0 cm³/mol. The number of benzene rings is 1. The van der Waals surface area contributed by atoms with Gasteiger partial charge in [-0.05, 0) is 18.2 Å². The first kappa shape index (κ1) is 15.0. The van der Waals surface area contributed by atoms with Gasteiger partial charge in [0.25, 0.3) is 0 Å². The normalized spacial score (nSPS) is 9.35. The van der Waals surface area contributed by atoms with Crippen molar-refractivity contribution in [1.29, 1.82) is 0 Å². The Bertz CT molecular complexity index is 577. The quantitative estimate of drug-likeness (QED) is 0.672. The Hall–Kier alpha value is -3.01. The number of terminal acetylenes is 1. The molecule has 0 unspecified atom stereocenters. The fourth-order valence-corrected chi connectivity index (χ4v) is 1.43. The summed E-state index contributed by atoms with van der Waals surface area (Å²) in [6, 6.07) is 5.29. The van der Waals surface area contributed by atoms with Crippen LogP contribution < -0.4 is 11.1 Å². The van der Waals surface area contributed by atoms with Gasteiger partial charge in [0.15, 0.2) is 0 Å². The highest BCUT2D eigenvalue weighted by atomic mass is 16.4. The van der Waals surface area contributed by atoms with Gasteiger partial charge in [0.1, 0.15) is 6.54 Å². The van der Waals surface area contributed by atoms with Crippen LogP contribution >= 0.6 is 0 Å². The summed E-state index contributed by atoms with van der Waals surface area (Å²) in [4.78, 5) is 34.5. The van der Waals surface area contributed by atoms with Crippen LogP contribution in [0.5, 0.6) is 0 Å². The smallest absolute Gasteiger partial charge is 0.323 e. The van der Waals surface area contributed by atoms with E-state index in [9.17, 15) is 14.4 Å². The molecule has 0 fully saturated rings. The number of carboxylic acids is 1. The molecule has 0 radical (unpaired) electrons. The SMILES string of the molecule is C#CCN(CC(=O)O)C(=O)Nc1cccc(C(N)=O)c1. The van der Waals surface area contributed by atoms with Gasteiger partial charge in [-0.1, -0.05) is 12.0 Å². The van der Waals surface area contributed by atoms with E-state index in [1.54, 1.807) is 12.1 Å². The van der Waals surface area contributed by atoms with Crippen molar-refractivity contribution in [2.45, 2.75) is 0 Å². The lowest BCUT2D eigenvalue weighted by molar-refractivity contribution is -0.137. The number of primary amides is 1. The molecule has 0 aromatic heterocycles. The number of anilines is 1. The van der Waals surface area contributed by atoms with Crippen LogP contribution in [0.25, 0.3) is 0 Å². The molecule has 4 N–H and O–H groups in total. The third-order valence-electron chi connectivity index (χ3n) is 2.29. The molecule has 20 heavy (non-hydrogen) atoms. The van der Waals surface area contributed by atoms with Crippen LogP contribution in [0.15, 0.2) is 24.3 Å². The molecule has 0 aliphatic rings. The van der Waals surface area contributed by atoms with Gasteiger partial charge in [-0.15, -0.1) is 6.42 Å². The average Bonchev–Trinajstić information content (AvgIpc) is 2.38. The first-order valence-electron chi connectivity index (χ1n) is 5.55. The second-order valence-electron chi connectivity index (χ2n) is 3.83. The molecular formula is C13H13N3O4. The molecule has 1 aromatic rings. The number of amides is 3. The van der Waals surface area contributed by atoms with Crippen LogP contribution in [0.3, 0.4) is 0 Å². The zero-order valence-corrected chi connectivity index (χ0v) is 10.5. The largest absolute Gasteiger partial charge is 0.480 e. The summed E-state index contributed by atoms with van der Waals surface area (Å²) in [6.45, 7) is -0.667. The molecule has 1 rings (SSSR count). The monoisotopic (exact) mass is 275 g/mol. The van der Waals surface area contributed by atoms with E-state index in [1.165, 1.54) is 12.1 Å². The Labute approximate surface area is 115 Å². The maximum absolute atomic E-state index is 11.9. The summed E-state index contributed by atoms with van der Waals surface area (Å²) in [6.07, 6.45) is 5.07. The fourth-order valence-electron chi connectivity index (χ4n) is 1.43. The van der Waals surface area contributed by atoms with Crippen molar-refractivity contribution in [2.24, 2.45) is 5.73 Å². The second kappa shape index (κ2) is 6.80. The minimum absolute atomic E-state index is 0.145. The van der Waals surface area contributed by atoms with Crippen LogP contribution in [-0.4, -0.2) is 41.0 Å². The lowest BCUT2D eigenvalue weighted by Crippen LogP contribution is -2.39. The number of nitrogens with zero attached hydrogens (tertiary/aromatic N) is 1. The fraction of sp³-hybridized carbons (Fsp3) is 0.154. The van der Waals surface area contributed by atoms with E-state index in [0.29, 0.717) is 5.69 Å². The number of carbonyl (C=O) groups excluding carboxylic acids is 2. The highest BCUT2D eigenvalue weighted by Gasteiger charge is 2.16. The van der Waals surface area contributed by atoms with Crippen LogP contribution in [0.1, 0.15) is 10.4 Å². The summed E-state index contributed by atoms with van der Waals surface area (Å²) < 4.78 is 0. The molecule has 0 aliphatic heterocycles. The zero-order chi connectivity index (χ0) is 15.1. The average molecular weight is 275 g/mol. The van der Waals surface area contributed by atoms with Crippen molar-refractivity contribution < 1.29 is 19.5 Å². The van der Waals surface area contributed by atoms with Crippen LogP contribution in [-0.2, 0) is 4.79 Å². The molecule has 0 saturated heterocycles. The molecule has 0 aliphatic carbocycles. The van der Waals surface area contributed by atoms with Crippen LogP contribution in [0.2, 0.25) is 0 Å². The van der Waals surface area contributed by atoms with E-state index in [0.717, 1.165) is 4.90 Å². The van der Waals surface area contributed by atoms with Gasteiger partial charge in [0.2, 0.25) is 5.91 Å². The summed E-state index contributed by atoms with van der Waals surface area (Å²) >= 11 is 0. The van der Waals surface area contributed by atoms with E-state index in [-0.39, 0.29) is 12.1 Å². The molecule has 0 saturated carbocycles. The molecule has 3 amide bonds. The van der Waals surface area contributed by atoms with Crippen molar-refractivity contribution >= 4 is 23.6 Å². The molecule has 0 bridgehead atoms. The maximum atomic E-state index is 11.9. The molecule has 1 aromatic carbocycles. The second-order valence-corrected chi connectivity index (χ2v) is 3.83. The Morgan fingerprint density at radius 2 is 2.10 bits per heavy atom. The molecular weight excluding hydrogens is 262 g/mol. The van der Waals surface area contributed by atoms with Crippen molar-refractivity contribution in [3.8, 4) is 12.3 Å². The third kappa shape index (κ3) is 4.34. The number of hydrogen-bond donors (Lipinski definition) is 3. The summed E-state index contributed by atoms with van der Waals surface area (Å²) in [5.74, 6) is 0.385. The molecule has 0 spiro atoms. The van der Waals surface area contributed by atoms with Crippen molar-refractivity contribution in [2.75, 3.05) is 18.4 Å². The van der Waals surface area contributed by atoms with Crippen molar-refractivity contribution in [3.05, 3.63) is 29.8 Å². The van der Waals surface area contributed by atoms with Crippen molar-refractivity contribution in [3.63, 3.8) is 0 Å². The predicted octanol–water partition coefficient (Wildman–Crippen LogP) is 0.337. The number of carboxylic acid groups (broad SMARTS) is 1. The number of rotatable bonds is 5. The molecule has 7 heteroatoms. The van der Waals surface area contributed by atoms with Gasteiger partial charge in [-0.3, -0.25) is 9.59 Å². The van der Waals surface area contributed by atoms with Crippen LogP contribution in [0, 0.1) is 12.3 Å². The lowest BCUT2D eigenvalue weighted by atomic mass is 10.2. The van der Waals surface area contributed by atoms with E-state index < -0.39 is 24.5 Å². The minimum Gasteiger partial charge on any atom is -0.480 e. The van der Waals surface area contributed by atoms with E-state index in [4.69, 9.17) is 17.3 Å². The van der Waals surface area contributed by atoms with Crippen molar-refractivity contribution in [1.82, 2.24) is 4.90 Å².